The van der Waals surface area contributed by atoms with Crippen LogP contribution in [0.5, 0.6) is 0 Å². The molecule has 9 heteroatoms. The van der Waals surface area contributed by atoms with Crippen molar-refractivity contribution in [2.24, 2.45) is 0 Å². The smallest absolute Gasteiger partial charge is 0.316 e. The second kappa shape index (κ2) is 8.72. The van der Waals surface area contributed by atoms with Gasteiger partial charge in [-0.15, -0.1) is 11.8 Å². The molecule has 1 aliphatic heterocycles. The van der Waals surface area contributed by atoms with Gasteiger partial charge >= 0.3 is 5.97 Å². The van der Waals surface area contributed by atoms with Gasteiger partial charge in [-0.25, -0.2) is 0 Å². The molecule has 1 N–H and O–H groups in total. The van der Waals surface area contributed by atoms with Gasteiger partial charge < -0.3 is 19.5 Å². The van der Waals surface area contributed by atoms with Gasteiger partial charge in [0.1, 0.15) is 5.76 Å². The Morgan fingerprint density at radius 3 is 2.71 bits per heavy atom. The number of amides is 2. The second-order valence-electron chi connectivity index (χ2n) is 5.53. The Labute approximate surface area is 144 Å². The lowest BCUT2D eigenvalue weighted by atomic mass is 10.3. The fourth-order valence-corrected chi connectivity index (χ4v) is 2.90. The minimum absolute atomic E-state index is 0.00286. The Morgan fingerprint density at radius 2 is 2.08 bits per heavy atom. The molecule has 24 heavy (non-hydrogen) atoms. The maximum atomic E-state index is 12.0. The molecule has 132 valence electrons. The molecule has 2 amide bonds. The number of hydrogen-bond acceptors (Lipinski definition) is 7. The van der Waals surface area contributed by atoms with E-state index in [1.807, 2.05) is 0 Å². The second-order valence-corrected chi connectivity index (χ2v) is 6.51. The van der Waals surface area contributed by atoms with Crippen LogP contribution >= 0.6 is 11.8 Å². The van der Waals surface area contributed by atoms with Gasteiger partial charge in [-0.1, -0.05) is 5.16 Å². The van der Waals surface area contributed by atoms with Gasteiger partial charge in [0.15, 0.2) is 11.9 Å². The van der Waals surface area contributed by atoms with Crippen molar-refractivity contribution in [2.45, 2.75) is 32.8 Å². The number of rotatable bonds is 7. The monoisotopic (exact) mass is 355 g/mol. The van der Waals surface area contributed by atoms with Gasteiger partial charge in [-0.2, -0.15) is 0 Å². The highest BCUT2D eigenvalue weighted by Gasteiger charge is 2.25. The predicted molar refractivity (Wildman–Crippen MR) is 88.6 cm³/mol. The molecule has 2 rings (SSSR count). The van der Waals surface area contributed by atoms with Gasteiger partial charge in [-0.3, -0.25) is 14.4 Å². The van der Waals surface area contributed by atoms with E-state index in [9.17, 15) is 14.4 Å². The number of ether oxygens (including phenoxy) is 1. The summed E-state index contributed by atoms with van der Waals surface area (Å²) in [4.78, 5) is 37.2. The zero-order valence-electron chi connectivity index (χ0n) is 13.7. The molecular weight excluding hydrogens is 334 g/mol. The first-order chi connectivity index (χ1) is 11.5. The summed E-state index contributed by atoms with van der Waals surface area (Å²) < 4.78 is 9.95. The molecule has 1 aliphatic rings. The molecule has 0 spiro atoms. The van der Waals surface area contributed by atoms with Crippen LogP contribution in [0.1, 0.15) is 25.5 Å². The summed E-state index contributed by atoms with van der Waals surface area (Å²) in [7, 11) is 0. The average Bonchev–Trinajstić information content (AvgIpc) is 3.18. The highest BCUT2D eigenvalue weighted by molar-refractivity contribution is 8.00. The Morgan fingerprint density at radius 1 is 1.38 bits per heavy atom. The molecule has 0 saturated carbocycles. The highest BCUT2D eigenvalue weighted by Crippen LogP contribution is 2.12. The fraction of sp³-hybridized carbons (Fsp3) is 0.600. The largest absolute Gasteiger partial charge is 0.452 e. The van der Waals surface area contributed by atoms with Crippen LogP contribution in [0.15, 0.2) is 10.6 Å². The molecule has 0 aromatic carbocycles. The number of aryl methyl sites for hydroxylation is 1. The summed E-state index contributed by atoms with van der Waals surface area (Å²) >= 11 is 1.11. The van der Waals surface area contributed by atoms with Gasteiger partial charge in [0.2, 0.25) is 5.91 Å². The molecule has 0 aliphatic carbocycles. The summed E-state index contributed by atoms with van der Waals surface area (Å²) in [5, 5.41) is 6.20. The number of aromatic nitrogens is 1. The summed E-state index contributed by atoms with van der Waals surface area (Å²) in [6.07, 6.45) is 1.19. The van der Waals surface area contributed by atoms with E-state index in [1.54, 1.807) is 24.8 Å². The number of likely N-dealkylation sites (tertiary alicyclic amines) is 1. The fourth-order valence-electron chi connectivity index (χ4n) is 2.31. The maximum Gasteiger partial charge on any atom is 0.316 e. The summed E-state index contributed by atoms with van der Waals surface area (Å²) in [6.45, 7) is 4.73. The quantitative estimate of drug-likeness (QED) is 0.733. The van der Waals surface area contributed by atoms with Gasteiger partial charge in [0.05, 0.1) is 11.5 Å². The van der Waals surface area contributed by atoms with Crippen molar-refractivity contribution in [2.75, 3.05) is 29.9 Å². The number of thioether (sulfide) groups is 1. The number of nitrogens with one attached hydrogen (secondary N) is 1. The van der Waals surface area contributed by atoms with E-state index in [1.165, 1.54) is 0 Å². The lowest BCUT2D eigenvalue weighted by Gasteiger charge is -2.20. The molecule has 1 saturated heterocycles. The van der Waals surface area contributed by atoms with Crippen LogP contribution in [0.2, 0.25) is 0 Å². The molecule has 8 nitrogen and oxygen atoms in total. The van der Waals surface area contributed by atoms with E-state index in [-0.39, 0.29) is 23.3 Å². The third-order valence-corrected chi connectivity index (χ3v) is 4.33. The number of carbonyl (C=O) groups excluding carboxylic acids is 3. The molecule has 1 fully saturated rings. The van der Waals surface area contributed by atoms with Crippen LogP contribution in [0.25, 0.3) is 0 Å². The summed E-state index contributed by atoms with van der Waals surface area (Å²) in [5.41, 5.74) is 0. The molecule has 0 unspecified atom stereocenters. The van der Waals surface area contributed by atoms with Crippen molar-refractivity contribution in [1.82, 2.24) is 10.1 Å². The first-order valence-corrected chi connectivity index (χ1v) is 8.90. The first-order valence-electron chi connectivity index (χ1n) is 7.75. The van der Waals surface area contributed by atoms with Crippen LogP contribution < -0.4 is 5.32 Å². The molecule has 2 heterocycles. The van der Waals surface area contributed by atoms with Gasteiger partial charge in [0, 0.05) is 19.2 Å². The Bertz CT molecular complexity index is 598. The van der Waals surface area contributed by atoms with E-state index >= 15 is 0 Å². The van der Waals surface area contributed by atoms with Gasteiger partial charge in [0.25, 0.3) is 5.91 Å². The topological polar surface area (TPSA) is 102 Å². The predicted octanol–water partition coefficient (Wildman–Crippen LogP) is 1.21. The average molecular weight is 355 g/mol. The van der Waals surface area contributed by atoms with Crippen molar-refractivity contribution >= 4 is 35.4 Å². The van der Waals surface area contributed by atoms with Crippen LogP contribution in [0, 0.1) is 6.92 Å². The van der Waals surface area contributed by atoms with Crippen molar-refractivity contribution in [3.63, 3.8) is 0 Å². The van der Waals surface area contributed by atoms with Crippen molar-refractivity contribution in [3.8, 4) is 0 Å². The number of carbonyl (C=O) groups is 3. The number of nitrogens with zero attached hydrogens (tertiary/aromatic N) is 2. The van der Waals surface area contributed by atoms with Crippen molar-refractivity contribution in [1.29, 1.82) is 0 Å². The number of hydrogen-bond donors (Lipinski definition) is 1. The minimum Gasteiger partial charge on any atom is -0.452 e. The molecule has 1 atom stereocenters. The molecule has 0 bridgehead atoms. The van der Waals surface area contributed by atoms with Crippen molar-refractivity contribution < 1.29 is 23.6 Å². The summed E-state index contributed by atoms with van der Waals surface area (Å²) in [5.74, 6) is 0.0549. The van der Waals surface area contributed by atoms with E-state index in [0.29, 0.717) is 11.6 Å². The lowest BCUT2D eigenvalue weighted by molar-refractivity contribution is -0.156. The van der Waals surface area contributed by atoms with E-state index in [2.05, 4.69) is 10.5 Å². The van der Waals surface area contributed by atoms with E-state index < -0.39 is 12.1 Å². The van der Waals surface area contributed by atoms with E-state index in [0.717, 1.165) is 37.7 Å². The van der Waals surface area contributed by atoms with Crippen LogP contribution in [0.4, 0.5) is 5.82 Å². The summed E-state index contributed by atoms with van der Waals surface area (Å²) in [6, 6.07) is 1.60. The van der Waals surface area contributed by atoms with Crippen LogP contribution in [-0.4, -0.2) is 58.5 Å². The third-order valence-electron chi connectivity index (χ3n) is 3.42. The first kappa shape index (κ1) is 18.3. The highest BCUT2D eigenvalue weighted by atomic mass is 32.2. The number of esters is 1. The zero-order valence-corrected chi connectivity index (χ0v) is 14.6. The molecule has 1 aromatic heterocycles. The minimum atomic E-state index is -0.789. The van der Waals surface area contributed by atoms with Crippen LogP contribution in [-0.2, 0) is 19.1 Å². The van der Waals surface area contributed by atoms with Crippen LogP contribution in [0.3, 0.4) is 0 Å². The normalized spacial score (nSPS) is 15.2. The Balaban J connectivity index is 1.63. The standard InChI is InChI=1S/C15H21N3O5S/c1-10-7-12(17-23-10)16-13(19)8-24-9-14(20)22-11(2)15(21)18-5-3-4-6-18/h7,11H,3-6,8-9H2,1-2H3,(H,16,17,19)/t11-/m1/s1. The van der Waals surface area contributed by atoms with E-state index in [4.69, 9.17) is 9.26 Å². The van der Waals surface area contributed by atoms with Gasteiger partial charge in [-0.05, 0) is 26.7 Å². The van der Waals surface area contributed by atoms with Crippen molar-refractivity contribution in [3.05, 3.63) is 11.8 Å². The third kappa shape index (κ3) is 5.55. The molecule has 0 radical (unpaired) electrons. The zero-order chi connectivity index (χ0) is 17.5. The Kier molecular flexibility index (Phi) is 6.65. The SMILES string of the molecule is Cc1cc(NC(=O)CSCC(=O)O[C@H](C)C(=O)N2CCCC2)no1. The molecule has 1 aromatic rings. The lowest BCUT2D eigenvalue weighted by Crippen LogP contribution is -2.38. The number of anilines is 1. The Hall–Kier alpha value is -2.03. The maximum absolute atomic E-state index is 12.0. The molecular formula is C15H21N3O5S.